The summed E-state index contributed by atoms with van der Waals surface area (Å²) in [6.07, 6.45) is 4.72. The summed E-state index contributed by atoms with van der Waals surface area (Å²) in [4.78, 5) is 6.75. The third-order valence-electron chi connectivity index (χ3n) is 4.42. The predicted octanol–water partition coefficient (Wildman–Crippen LogP) is 3.70. The van der Waals surface area contributed by atoms with Crippen LogP contribution in [0.25, 0.3) is 11.1 Å². The zero-order valence-electron chi connectivity index (χ0n) is 13.6. The minimum absolute atomic E-state index is 0.714. The Labute approximate surface area is 138 Å². The summed E-state index contributed by atoms with van der Waals surface area (Å²) in [5.74, 6) is 0.714. The largest absolute Gasteiger partial charge is 0.370 e. The van der Waals surface area contributed by atoms with E-state index in [1.54, 1.807) is 0 Å². The summed E-state index contributed by atoms with van der Waals surface area (Å²) in [5.41, 5.74) is 9.91. The first-order chi connectivity index (χ1) is 11.3. The zero-order chi connectivity index (χ0) is 15.9. The van der Waals surface area contributed by atoms with Crippen molar-refractivity contribution in [2.75, 3.05) is 19.6 Å². The van der Waals surface area contributed by atoms with E-state index in [4.69, 9.17) is 5.73 Å². The second-order valence-corrected chi connectivity index (χ2v) is 6.10. The second-order valence-electron chi connectivity index (χ2n) is 6.10. The Hall–Kier alpha value is -2.29. The van der Waals surface area contributed by atoms with Gasteiger partial charge in [0.2, 0.25) is 0 Å². The van der Waals surface area contributed by atoms with Crippen LogP contribution in [0, 0.1) is 0 Å². The summed E-state index contributed by atoms with van der Waals surface area (Å²) in [7, 11) is 0. The molecule has 1 fully saturated rings. The molecule has 3 rings (SSSR count). The molecule has 0 saturated carbocycles. The van der Waals surface area contributed by atoms with E-state index in [0.29, 0.717) is 5.96 Å². The van der Waals surface area contributed by atoms with Crippen LogP contribution in [0.2, 0.25) is 0 Å². The normalized spacial score (nSPS) is 15.7. The molecule has 23 heavy (non-hydrogen) atoms. The van der Waals surface area contributed by atoms with Crippen LogP contribution in [-0.2, 0) is 6.42 Å². The molecule has 3 heteroatoms. The lowest BCUT2D eigenvalue weighted by atomic mass is 10.0. The highest BCUT2D eigenvalue weighted by Gasteiger charge is 2.11. The van der Waals surface area contributed by atoms with Crippen LogP contribution >= 0.6 is 0 Å². The van der Waals surface area contributed by atoms with Crippen molar-refractivity contribution in [3.8, 4) is 11.1 Å². The second kappa shape index (κ2) is 7.82. The van der Waals surface area contributed by atoms with E-state index in [-0.39, 0.29) is 0 Å². The molecule has 3 nitrogen and oxygen atoms in total. The summed E-state index contributed by atoms with van der Waals surface area (Å²) in [6, 6.07) is 19.2. The van der Waals surface area contributed by atoms with Crippen LogP contribution in [0.1, 0.15) is 24.8 Å². The Morgan fingerprint density at radius 3 is 2.22 bits per heavy atom. The number of guanidine groups is 1. The van der Waals surface area contributed by atoms with E-state index < -0.39 is 0 Å². The Bertz CT molecular complexity index is 626. The van der Waals surface area contributed by atoms with Crippen molar-refractivity contribution in [1.29, 1.82) is 0 Å². The first-order valence-corrected chi connectivity index (χ1v) is 8.52. The van der Waals surface area contributed by atoms with Gasteiger partial charge in [-0.05, 0) is 42.4 Å². The van der Waals surface area contributed by atoms with Crippen molar-refractivity contribution in [3.63, 3.8) is 0 Å². The number of piperidine rings is 1. The van der Waals surface area contributed by atoms with Crippen molar-refractivity contribution in [2.45, 2.75) is 25.7 Å². The van der Waals surface area contributed by atoms with Crippen LogP contribution < -0.4 is 5.73 Å². The molecule has 0 aliphatic carbocycles. The summed E-state index contributed by atoms with van der Waals surface area (Å²) in [6.45, 7) is 2.87. The number of aliphatic imine (C=N–C) groups is 1. The lowest BCUT2D eigenvalue weighted by Crippen LogP contribution is -2.41. The van der Waals surface area contributed by atoms with Crippen molar-refractivity contribution >= 4 is 5.96 Å². The fraction of sp³-hybridized carbons (Fsp3) is 0.350. The molecule has 2 aromatic carbocycles. The van der Waals surface area contributed by atoms with Gasteiger partial charge in [-0.1, -0.05) is 54.6 Å². The molecule has 1 saturated heterocycles. The molecule has 0 unspecified atom stereocenters. The molecule has 1 heterocycles. The average molecular weight is 307 g/mol. The number of nitrogens with two attached hydrogens (primary N) is 1. The van der Waals surface area contributed by atoms with Crippen LogP contribution in [-0.4, -0.2) is 30.5 Å². The lowest BCUT2D eigenvalue weighted by Gasteiger charge is -2.27. The van der Waals surface area contributed by atoms with Gasteiger partial charge in [-0.3, -0.25) is 4.99 Å². The smallest absolute Gasteiger partial charge is 0.191 e. The number of rotatable bonds is 4. The van der Waals surface area contributed by atoms with Crippen molar-refractivity contribution in [3.05, 3.63) is 60.2 Å². The molecule has 0 bridgehead atoms. The quantitative estimate of drug-likeness (QED) is 0.691. The summed E-state index contributed by atoms with van der Waals surface area (Å²) in [5, 5.41) is 0. The minimum Gasteiger partial charge on any atom is -0.370 e. The van der Waals surface area contributed by atoms with Crippen LogP contribution in [0.15, 0.2) is 59.6 Å². The van der Waals surface area contributed by atoms with Gasteiger partial charge in [-0.15, -0.1) is 0 Å². The number of hydrogen-bond acceptors (Lipinski definition) is 1. The van der Waals surface area contributed by atoms with Crippen LogP contribution in [0.4, 0.5) is 0 Å². The fourth-order valence-corrected chi connectivity index (χ4v) is 3.02. The van der Waals surface area contributed by atoms with E-state index >= 15 is 0 Å². The van der Waals surface area contributed by atoms with Gasteiger partial charge in [0.1, 0.15) is 0 Å². The highest BCUT2D eigenvalue weighted by atomic mass is 15.2. The van der Waals surface area contributed by atoms with Crippen LogP contribution in [0.3, 0.4) is 0 Å². The maximum Gasteiger partial charge on any atom is 0.191 e. The van der Waals surface area contributed by atoms with E-state index in [1.165, 1.54) is 36.0 Å². The van der Waals surface area contributed by atoms with Gasteiger partial charge >= 0.3 is 0 Å². The van der Waals surface area contributed by atoms with Gasteiger partial charge in [0.05, 0.1) is 0 Å². The number of nitrogens with zero attached hydrogens (tertiary/aromatic N) is 2. The maximum absolute atomic E-state index is 6.09. The molecule has 0 spiro atoms. The Morgan fingerprint density at radius 2 is 1.52 bits per heavy atom. The summed E-state index contributed by atoms with van der Waals surface area (Å²) < 4.78 is 0. The molecular weight excluding hydrogens is 282 g/mol. The predicted molar refractivity (Wildman–Crippen MR) is 97.5 cm³/mol. The average Bonchev–Trinajstić information content (AvgIpc) is 2.64. The highest BCUT2D eigenvalue weighted by Crippen LogP contribution is 2.19. The number of likely N-dealkylation sites (tertiary alicyclic amines) is 1. The molecule has 1 aliphatic heterocycles. The first kappa shape index (κ1) is 15.6. The highest BCUT2D eigenvalue weighted by molar-refractivity contribution is 5.78. The van der Waals surface area contributed by atoms with Crippen LogP contribution in [0.5, 0.6) is 0 Å². The van der Waals surface area contributed by atoms with Gasteiger partial charge in [0.15, 0.2) is 5.96 Å². The molecule has 1 aliphatic rings. The van der Waals surface area contributed by atoms with E-state index in [0.717, 1.165) is 26.1 Å². The third kappa shape index (κ3) is 4.35. The minimum atomic E-state index is 0.714. The SMILES string of the molecule is NC(=NCCc1ccc(-c2ccccc2)cc1)N1CCCCC1. The lowest BCUT2D eigenvalue weighted by molar-refractivity contribution is 0.338. The van der Waals surface area contributed by atoms with Gasteiger partial charge in [-0.2, -0.15) is 0 Å². The molecule has 0 radical (unpaired) electrons. The fourth-order valence-electron chi connectivity index (χ4n) is 3.02. The molecular formula is C20H25N3. The summed E-state index contributed by atoms with van der Waals surface area (Å²) >= 11 is 0. The Kier molecular flexibility index (Phi) is 5.30. The third-order valence-corrected chi connectivity index (χ3v) is 4.42. The number of benzene rings is 2. The molecule has 2 N–H and O–H groups in total. The topological polar surface area (TPSA) is 41.6 Å². The monoisotopic (exact) mass is 307 g/mol. The van der Waals surface area contributed by atoms with Crippen molar-refractivity contribution in [2.24, 2.45) is 10.7 Å². The zero-order valence-corrected chi connectivity index (χ0v) is 13.6. The molecule has 0 amide bonds. The van der Waals surface area contributed by atoms with Gasteiger partial charge in [0, 0.05) is 19.6 Å². The first-order valence-electron chi connectivity index (χ1n) is 8.52. The van der Waals surface area contributed by atoms with Gasteiger partial charge in [0.25, 0.3) is 0 Å². The number of hydrogen-bond donors (Lipinski definition) is 1. The maximum atomic E-state index is 6.09. The standard InChI is InChI=1S/C20H25N3/c21-20(23-15-5-2-6-16-23)22-14-13-17-9-11-19(12-10-17)18-7-3-1-4-8-18/h1,3-4,7-12H,2,5-6,13-16H2,(H2,21,22). The van der Waals surface area contributed by atoms with Gasteiger partial charge in [-0.25, -0.2) is 0 Å². The Balaban J connectivity index is 1.54. The van der Waals surface area contributed by atoms with Gasteiger partial charge < -0.3 is 10.6 Å². The molecule has 0 atom stereocenters. The molecule has 0 aromatic heterocycles. The van der Waals surface area contributed by atoms with E-state index in [1.807, 2.05) is 6.07 Å². The van der Waals surface area contributed by atoms with Crippen molar-refractivity contribution < 1.29 is 0 Å². The molecule has 2 aromatic rings. The van der Waals surface area contributed by atoms with Crippen molar-refractivity contribution in [1.82, 2.24) is 4.90 Å². The Morgan fingerprint density at radius 1 is 0.870 bits per heavy atom. The van der Waals surface area contributed by atoms with E-state index in [2.05, 4.69) is 58.4 Å². The molecule has 120 valence electrons. The van der Waals surface area contributed by atoms with E-state index in [9.17, 15) is 0 Å².